The zero-order chi connectivity index (χ0) is 12.8. The summed E-state index contributed by atoms with van der Waals surface area (Å²) in [5.41, 5.74) is 2.67. The first kappa shape index (κ1) is 14.7. The lowest BCUT2D eigenvalue weighted by atomic mass is 10.1. The topological polar surface area (TPSA) is 15.3 Å². The van der Waals surface area contributed by atoms with Crippen LogP contribution >= 0.6 is 15.9 Å². The van der Waals surface area contributed by atoms with Crippen molar-refractivity contribution in [2.45, 2.75) is 26.9 Å². The summed E-state index contributed by atoms with van der Waals surface area (Å²) in [6, 6.07) is 6.61. The van der Waals surface area contributed by atoms with Crippen LogP contribution in [0.15, 0.2) is 22.7 Å². The van der Waals surface area contributed by atoms with Gasteiger partial charge in [-0.3, -0.25) is 0 Å². The highest BCUT2D eigenvalue weighted by atomic mass is 79.9. The van der Waals surface area contributed by atoms with Crippen LogP contribution in [-0.2, 0) is 13.1 Å². The van der Waals surface area contributed by atoms with Crippen LogP contribution in [0.5, 0.6) is 0 Å². The van der Waals surface area contributed by atoms with E-state index in [1.54, 1.807) is 0 Å². The number of nitrogens with one attached hydrogen (secondary N) is 1. The van der Waals surface area contributed by atoms with Crippen LogP contribution in [0, 0.1) is 5.92 Å². The first-order chi connectivity index (χ1) is 8.02. The van der Waals surface area contributed by atoms with Gasteiger partial charge in [-0.05, 0) is 37.2 Å². The molecule has 0 unspecified atom stereocenters. The van der Waals surface area contributed by atoms with Gasteiger partial charge in [0.2, 0.25) is 0 Å². The lowest BCUT2D eigenvalue weighted by Gasteiger charge is -2.20. The third-order valence-corrected chi connectivity index (χ3v) is 3.35. The Kier molecular flexibility index (Phi) is 6.17. The Morgan fingerprint density at radius 2 is 2.06 bits per heavy atom. The Morgan fingerprint density at radius 1 is 1.35 bits per heavy atom. The Labute approximate surface area is 114 Å². The first-order valence-electron chi connectivity index (χ1n) is 6.13. The van der Waals surface area contributed by atoms with Gasteiger partial charge in [0.05, 0.1) is 0 Å². The van der Waals surface area contributed by atoms with Gasteiger partial charge < -0.3 is 10.2 Å². The molecule has 2 nitrogen and oxygen atoms in total. The summed E-state index contributed by atoms with van der Waals surface area (Å²) < 4.78 is 1.21. The SMILES string of the molecule is CNCc1ccc(CN(C)CC(C)C)c(Br)c1. The number of halogens is 1. The van der Waals surface area contributed by atoms with E-state index in [-0.39, 0.29) is 0 Å². The minimum atomic E-state index is 0.711. The van der Waals surface area contributed by atoms with E-state index < -0.39 is 0 Å². The monoisotopic (exact) mass is 298 g/mol. The summed E-state index contributed by atoms with van der Waals surface area (Å²) in [6.45, 7) is 7.55. The Morgan fingerprint density at radius 3 is 2.59 bits per heavy atom. The van der Waals surface area contributed by atoms with Gasteiger partial charge in [-0.25, -0.2) is 0 Å². The van der Waals surface area contributed by atoms with E-state index in [0.717, 1.165) is 19.6 Å². The molecular formula is C14H23BrN2. The van der Waals surface area contributed by atoms with E-state index in [0.29, 0.717) is 5.92 Å². The second-order valence-corrected chi connectivity index (χ2v) is 5.90. The smallest absolute Gasteiger partial charge is 0.0242 e. The number of nitrogens with zero attached hydrogens (tertiary/aromatic N) is 1. The minimum Gasteiger partial charge on any atom is -0.316 e. The van der Waals surface area contributed by atoms with Crippen molar-refractivity contribution in [1.29, 1.82) is 0 Å². The zero-order valence-electron chi connectivity index (χ0n) is 11.3. The molecule has 17 heavy (non-hydrogen) atoms. The van der Waals surface area contributed by atoms with Gasteiger partial charge in [0.1, 0.15) is 0 Å². The van der Waals surface area contributed by atoms with Crippen LogP contribution < -0.4 is 5.32 Å². The van der Waals surface area contributed by atoms with Gasteiger partial charge in [0.25, 0.3) is 0 Å². The van der Waals surface area contributed by atoms with Crippen molar-refractivity contribution in [2.24, 2.45) is 5.92 Å². The second-order valence-electron chi connectivity index (χ2n) is 5.05. The zero-order valence-corrected chi connectivity index (χ0v) is 12.8. The molecule has 0 saturated heterocycles. The van der Waals surface area contributed by atoms with Crippen molar-refractivity contribution in [1.82, 2.24) is 10.2 Å². The van der Waals surface area contributed by atoms with Crippen molar-refractivity contribution >= 4 is 15.9 Å². The number of hydrogen-bond acceptors (Lipinski definition) is 2. The molecule has 0 saturated carbocycles. The molecule has 0 fully saturated rings. The summed E-state index contributed by atoms with van der Waals surface area (Å²) in [7, 11) is 4.15. The van der Waals surface area contributed by atoms with Crippen LogP contribution in [0.4, 0.5) is 0 Å². The summed E-state index contributed by atoms with van der Waals surface area (Å²) in [4.78, 5) is 2.36. The quantitative estimate of drug-likeness (QED) is 0.867. The maximum atomic E-state index is 3.66. The Bertz CT molecular complexity index is 350. The predicted octanol–water partition coefficient (Wildman–Crippen LogP) is 3.26. The van der Waals surface area contributed by atoms with E-state index in [4.69, 9.17) is 0 Å². The highest BCUT2D eigenvalue weighted by Gasteiger charge is 2.06. The van der Waals surface area contributed by atoms with Crippen molar-refractivity contribution in [3.05, 3.63) is 33.8 Å². The van der Waals surface area contributed by atoms with Gasteiger partial charge in [0.15, 0.2) is 0 Å². The maximum Gasteiger partial charge on any atom is 0.0242 e. The van der Waals surface area contributed by atoms with Crippen molar-refractivity contribution in [3.8, 4) is 0 Å². The molecule has 0 aliphatic heterocycles. The molecule has 0 aliphatic carbocycles. The molecule has 1 aromatic carbocycles. The van der Waals surface area contributed by atoms with Gasteiger partial charge >= 0.3 is 0 Å². The Balaban J connectivity index is 2.65. The molecule has 0 heterocycles. The predicted molar refractivity (Wildman–Crippen MR) is 78.1 cm³/mol. The van der Waals surface area contributed by atoms with E-state index >= 15 is 0 Å². The van der Waals surface area contributed by atoms with Crippen LogP contribution in [-0.4, -0.2) is 25.5 Å². The summed E-state index contributed by atoms with van der Waals surface area (Å²) in [6.07, 6.45) is 0. The fourth-order valence-corrected chi connectivity index (χ4v) is 2.56. The summed E-state index contributed by atoms with van der Waals surface area (Å²) in [5, 5.41) is 3.17. The lowest BCUT2D eigenvalue weighted by Crippen LogP contribution is -2.22. The number of benzene rings is 1. The summed E-state index contributed by atoms with van der Waals surface area (Å²) >= 11 is 3.66. The molecule has 1 N–H and O–H groups in total. The van der Waals surface area contributed by atoms with Crippen LogP contribution in [0.25, 0.3) is 0 Å². The lowest BCUT2D eigenvalue weighted by molar-refractivity contribution is 0.288. The molecule has 3 heteroatoms. The molecule has 0 radical (unpaired) electrons. The van der Waals surface area contributed by atoms with Gasteiger partial charge in [-0.2, -0.15) is 0 Å². The fourth-order valence-electron chi connectivity index (χ4n) is 2.01. The number of rotatable bonds is 6. The van der Waals surface area contributed by atoms with E-state index in [2.05, 4.69) is 65.2 Å². The van der Waals surface area contributed by atoms with Crippen LogP contribution in [0.1, 0.15) is 25.0 Å². The molecule has 0 aliphatic rings. The second kappa shape index (κ2) is 7.14. The fraction of sp³-hybridized carbons (Fsp3) is 0.571. The van der Waals surface area contributed by atoms with Gasteiger partial charge in [-0.15, -0.1) is 0 Å². The minimum absolute atomic E-state index is 0.711. The highest BCUT2D eigenvalue weighted by Crippen LogP contribution is 2.20. The van der Waals surface area contributed by atoms with Crippen LogP contribution in [0.2, 0.25) is 0 Å². The number of hydrogen-bond donors (Lipinski definition) is 1. The molecule has 96 valence electrons. The average Bonchev–Trinajstić information content (AvgIpc) is 2.21. The molecule has 1 aromatic rings. The van der Waals surface area contributed by atoms with E-state index in [9.17, 15) is 0 Å². The van der Waals surface area contributed by atoms with Crippen molar-refractivity contribution < 1.29 is 0 Å². The molecule has 0 aromatic heterocycles. The maximum absolute atomic E-state index is 3.66. The van der Waals surface area contributed by atoms with Crippen molar-refractivity contribution in [3.63, 3.8) is 0 Å². The van der Waals surface area contributed by atoms with Crippen LogP contribution in [0.3, 0.4) is 0 Å². The molecule has 0 bridgehead atoms. The molecule has 0 amide bonds. The van der Waals surface area contributed by atoms with E-state index in [1.807, 2.05) is 7.05 Å². The van der Waals surface area contributed by atoms with Gasteiger partial charge in [-0.1, -0.05) is 41.9 Å². The Hall–Kier alpha value is -0.380. The molecule has 0 atom stereocenters. The van der Waals surface area contributed by atoms with Crippen molar-refractivity contribution in [2.75, 3.05) is 20.6 Å². The van der Waals surface area contributed by atoms with Gasteiger partial charge in [0, 0.05) is 24.1 Å². The standard InChI is InChI=1S/C14H23BrN2/c1-11(2)9-17(4)10-13-6-5-12(8-16-3)7-14(13)15/h5-7,11,16H,8-10H2,1-4H3. The molecule has 0 spiro atoms. The molecular weight excluding hydrogens is 276 g/mol. The summed E-state index contributed by atoms with van der Waals surface area (Å²) in [5.74, 6) is 0.711. The average molecular weight is 299 g/mol. The largest absolute Gasteiger partial charge is 0.316 e. The third kappa shape index (κ3) is 5.19. The normalized spacial score (nSPS) is 11.5. The third-order valence-electron chi connectivity index (χ3n) is 2.62. The highest BCUT2D eigenvalue weighted by molar-refractivity contribution is 9.10. The molecule has 1 rings (SSSR count). The van der Waals surface area contributed by atoms with E-state index in [1.165, 1.54) is 15.6 Å². The first-order valence-corrected chi connectivity index (χ1v) is 6.92.